The van der Waals surface area contributed by atoms with Crippen LogP contribution in [0.3, 0.4) is 0 Å². The van der Waals surface area contributed by atoms with Crippen LogP contribution in [0.25, 0.3) is 0 Å². The number of hydrogen-bond acceptors (Lipinski definition) is 3. The first kappa shape index (κ1) is 15.5. The third kappa shape index (κ3) is 6.83. The Morgan fingerprint density at radius 2 is 2.00 bits per heavy atom. The molecule has 1 rings (SSSR count). The minimum atomic E-state index is -0.421. The molecule has 0 aliphatic rings. The van der Waals surface area contributed by atoms with Crippen molar-refractivity contribution in [2.24, 2.45) is 0 Å². The van der Waals surface area contributed by atoms with Crippen LogP contribution in [-0.4, -0.2) is 24.3 Å². The van der Waals surface area contributed by atoms with Crippen LogP contribution in [0.15, 0.2) is 30.3 Å². The van der Waals surface area contributed by atoms with E-state index < -0.39 is 6.03 Å². The normalized spacial score (nSPS) is 11.7. The molecule has 2 amide bonds. The molecular formula is C13H18N2O3S. The molecule has 19 heavy (non-hydrogen) atoms. The van der Waals surface area contributed by atoms with Crippen molar-refractivity contribution >= 4 is 23.8 Å². The Balaban J connectivity index is 2.58. The maximum atomic E-state index is 11.4. The van der Waals surface area contributed by atoms with E-state index in [9.17, 15) is 9.59 Å². The first-order valence-corrected chi connectivity index (χ1v) is 6.41. The number of hydroxylamine groups is 1. The summed E-state index contributed by atoms with van der Waals surface area (Å²) in [5.74, 6) is 0. The van der Waals surface area contributed by atoms with Gasteiger partial charge in [-0.3, -0.25) is 9.63 Å². The molecule has 0 fully saturated rings. The highest BCUT2D eigenvalue weighted by molar-refractivity contribution is 7.96. The van der Waals surface area contributed by atoms with Crippen LogP contribution in [0.4, 0.5) is 4.79 Å². The van der Waals surface area contributed by atoms with Crippen LogP contribution >= 0.6 is 12.6 Å². The van der Waals surface area contributed by atoms with Gasteiger partial charge in [0.05, 0.1) is 7.11 Å². The fourth-order valence-electron chi connectivity index (χ4n) is 1.73. The van der Waals surface area contributed by atoms with E-state index in [2.05, 4.69) is 28.3 Å². The van der Waals surface area contributed by atoms with Crippen LogP contribution in [0, 0.1) is 0 Å². The number of thiol groups is 1. The van der Waals surface area contributed by atoms with Crippen LogP contribution < -0.4 is 10.8 Å². The number of carbonyl (C=O) groups excluding carboxylic acids is 2. The van der Waals surface area contributed by atoms with Gasteiger partial charge < -0.3 is 5.32 Å². The van der Waals surface area contributed by atoms with Crippen molar-refractivity contribution in [1.82, 2.24) is 10.8 Å². The summed E-state index contributed by atoms with van der Waals surface area (Å²) in [5.41, 5.74) is 3.29. The van der Waals surface area contributed by atoms with Gasteiger partial charge in [0.1, 0.15) is 0 Å². The lowest BCUT2D eigenvalue weighted by molar-refractivity contribution is -0.111. The molecular weight excluding hydrogens is 264 g/mol. The van der Waals surface area contributed by atoms with Gasteiger partial charge in [-0.05, 0) is 18.4 Å². The maximum Gasteiger partial charge on any atom is 0.338 e. The molecule has 0 saturated carbocycles. The molecule has 0 saturated heterocycles. The highest BCUT2D eigenvalue weighted by atomic mass is 32.1. The number of nitrogens with one attached hydrogen (secondary N) is 2. The zero-order valence-corrected chi connectivity index (χ0v) is 11.7. The molecule has 2 N–H and O–H groups in total. The molecule has 0 aliphatic carbocycles. The monoisotopic (exact) mass is 282 g/mol. The fourth-order valence-corrected chi connectivity index (χ4v) is 1.86. The summed E-state index contributed by atoms with van der Waals surface area (Å²) in [6.07, 6.45) is 1.50. The number of amides is 2. The van der Waals surface area contributed by atoms with Gasteiger partial charge in [0.15, 0.2) is 5.12 Å². The first-order chi connectivity index (χ1) is 9.11. The highest BCUT2D eigenvalue weighted by Gasteiger charge is 2.14. The van der Waals surface area contributed by atoms with Crippen molar-refractivity contribution in [1.29, 1.82) is 0 Å². The molecule has 0 heterocycles. The molecule has 1 unspecified atom stereocenters. The Kier molecular flexibility index (Phi) is 6.99. The predicted octanol–water partition coefficient (Wildman–Crippen LogP) is 1.69. The largest absolute Gasteiger partial charge is 0.338 e. The summed E-state index contributed by atoms with van der Waals surface area (Å²) >= 11 is 3.74. The van der Waals surface area contributed by atoms with E-state index in [4.69, 9.17) is 0 Å². The maximum absolute atomic E-state index is 11.4. The van der Waals surface area contributed by atoms with Crippen LogP contribution in [0.2, 0.25) is 0 Å². The smallest absolute Gasteiger partial charge is 0.333 e. The third-order valence-corrected chi connectivity index (χ3v) is 2.79. The zero-order valence-electron chi connectivity index (χ0n) is 10.8. The minimum Gasteiger partial charge on any atom is -0.333 e. The quantitative estimate of drug-likeness (QED) is 0.526. The molecule has 0 spiro atoms. The number of hydrogen-bond donors (Lipinski definition) is 3. The predicted molar refractivity (Wildman–Crippen MR) is 75.8 cm³/mol. The molecule has 1 atom stereocenters. The molecule has 1 aromatic rings. The Bertz CT molecular complexity index is 412. The number of benzene rings is 1. The van der Waals surface area contributed by atoms with E-state index in [0.717, 1.165) is 5.56 Å². The zero-order chi connectivity index (χ0) is 14.1. The van der Waals surface area contributed by atoms with Crippen molar-refractivity contribution in [3.05, 3.63) is 35.9 Å². The number of carbonyl (C=O) groups is 2. The lowest BCUT2D eigenvalue weighted by Gasteiger charge is -2.18. The summed E-state index contributed by atoms with van der Waals surface area (Å²) < 4.78 is 0. The fraction of sp³-hybridized carbons (Fsp3) is 0.385. The molecule has 0 radical (unpaired) electrons. The van der Waals surface area contributed by atoms with Gasteiger partial charge in [-0.1, -0.05) is 30.3 Å². The Morgan fingerprint density at radius 3 is 2.58 bits per heavy atom. The first-order valence-electron chi connectivity index (χ1n) is 5.97. The van der Waals surface area contributed by atoms with Crippen molar-refractivity contribution in [3.63, 3.8) is 0 Å². The van der Waals surface area contributed by atoms with Gasteiger partial charge in [-0.25, -0.2) is 10.3 Å². The van der Waals surface area contributed by atoms with E-state index in [1.807, 2.05) is 30.3 Å². The van der Waals surface area contributed by atoms with Gasteiger partial charge in [-0.2, -0.15) is 0 Å². The SMILES string of the molecule is CONC(=O)NC(CCC(=O)S)Cc1ccccc1. The number of urea groups is 1. The average Bonchev–Trinajstić information content (AvgIpc) is 2.37. The van der Waals surface area contributed by atoms with Crippen molar-refractivity contribution in [2.45, 2.75) is 25.3 Å². The van der Waals surface area contributed by atoms with Crippen LogP contribution in [0.5, 0.6) is 0 Å². The third-order valence-electron chi connectivity index (χ3n) is 2.56. The van der Waals surface area contributed by atoms with Crippen molar-refractivity contribution in [2.75, 3.05) is 7.11 Å². The second-order valence-corrected chi connectivity index (χ2v) is 4.60. The van der Waals surface area contributed by atoms with Crippen LogP contribution in [-0.2, 0) is 16.1 Å². The molecule has 0 bridgehead atoms. The summed E-state index contributed by atoms with van der Waals surface area (Å²) in [4.78, 5) is 26.9. The summed E-state index contributed by atoms with van der Waals surface area (Å²) in [5, 5.41) is 2.57. The molecule has 0 aliphatic heterocycles. The molecule has 5 nitrogen and oxygen atoms in total. The Morgan fingerprint density at radius 1 is 1.32 bits per heavy atom. The van der Waals surface area contributed by atoms with E-state index in [-0.39, 0.29) is 11.2 Å². The van der Waals surface area contributed by atoms with Gasteiger partial charge in [0.2, 0.25) is 0 Å². The Hall–Kier alpha value is -1.53. The highest BCUT2D eigenvalue weighted by Crippen LogP contribution is 2.08. The summed E-state index contributed by atoms with van der Waals surface area (Å²) in [6.45, 7) is 0. The van der Waals surface area contributed by atoms with E-state index in [1.54, 1.807) is 0 Å². The van der Waals surface area contributed by atoms with Crippen molar-refractivity contribution in [3.8, 4) is 0 Å². The van der Waals surface area contributed by atoms with Gasteiger partial charge in [0, 0.05) is 12.5 Å². The van der Waals surface area contributed by atoms with E-state index in [1.165, 1.54) is 7.11 Å². The van der Waals surface area contributed by atoms with Gasteiger partial charge in [-0.15, -0.1) is 12.6 Å². The molecule has 1 aromatic carbocycles. The lowest BCUT2D eigenvalue weighted by Crippen LogP contribution is -2.42. The van der Waals surface area contributed by atoms with Crippen LogP contribution in [0.1, 0.15) is 18.4 Å². The Labute approximate surface area is 118 Å². The van der Waals surface area contributed by atoms with E-state index in [0.29, 0.717) is 19.3 Å². The number of rotatable bonds is 7. The minimum absolute atomic E-state index is 0.145. The second kappa shape index (κ2) is 8.55. The second-order valence-electron chi connectivity index (χ2n) is 4.10. The standard InChI is InChI=1S/C13H18N2O3S/c1-18-15-13(17)14-11(7-8-12(16)19)9-10-5-3-2-4-6-10/h2-6,11H,7-9H2,1H3,(H,16,19)(H2,14,15,17). The summed E-state index contributed by atoms with van der Waals surface area (Å²) in [7, 11) is 1.36. The lowest BCUT2D eigenvalue weighted by atomic mass is 10.0. The average molecular weight is 282 g/mol. The molecule has 104 valence electrons. The molecule has 6 heteroatoms. The summed E-state index contributed by atoms with van der Waals surface area (Å²) in [6, 6.07) is 9.19. The van der Waals surface area contributed by atoms with Gasteiger partial charge in [0.25, 0.3) is 0 Å². The topological polar surface area (TPSA) is 67.4 Å². The van der Waals surface area contributed by atoms with Gasteiger partial charge >= 0.3 is 6.03 Å². The van der Waals surface area contributed by atoms with E-state index >= 15 is 0 Å². The van der Waals surface area contributed by atoms with Crippen molar-refractivity contribution < 1.29 is 14.4 Å². The molecule has 0 aromatic heterocycles.